The van der Waals surface area contributed by atoms with Crippen LogP contribution in [0.25, 0.3) is 0 Å². The van der Waals surface area contributed by atoms with E-state index < -0.39 is 11.6 Å². The molecule has 0 aliphatic carbocycles. The van der Waals surface area contributed by atoms with Gasteiger partial charge in [0.05, 0.1) is 0 Å². The highest BCUT2D eigenvalue weighted by Gasteiger charge is 2.14. The minimum Gasteiger partial charge on any atom is -0.457 e. The number of carbonyl (C=O) groups excluding carboxylic acids is 2. The van der Waals surface area contributed by atoms with E-state index in [1.807, 2.05) is 0 Å². The van der Waals surface area contributed by atoms with Gasteiger partial charge in [-0.25, -0.2) is 4.79 Å². The largest absolute Gasteiger partial charge is 0.457 e. The van der Waals surface area contributed by atoms with Crippen LogP contribution in [0.3, 0.4) is 0 Å². The van der Waals surface area contributed by atoms with Crippen LogP contribution in [-0.2, 0) is 14.3 Å². The molecule has 0 fully saturated rings. The Kier molecular flexibility index (Phi) is 4.34. The van der Waals surface area contributed by atoms with E-state index in [1.54, 1.807) is 27.7 Å². The fourth-order valence-electron chi connectivity index (χ4n) is 0.822. The highest BCUT2D eigenvalue weighted by atomic mass is 16.6. The summed E-state index contributed by atoms with van der Waals surface area (Å²) in [6.07, 6.45) is 1.26. The predicted molar refractivity (Wildman–Crippen MR) is 53.4 cm³/mol. The van der Waals surface area contributed by atoms with Crippen molar-refractivity contribution < 1.29 is 14.3 Å². The first kappa shape index (κ1) is 12.7. The summed E-state index contributed by atoms with van der Waals surface area (Å²) in [7, 11) is 0. The van der Waals surface area contributed by atoms with Crippen LogP contribution < -0.4 is 5.32 Å². The van der Waals surface area contributed by atoms with E-state index >= 15 is 0 Å². The molecular weight excluding hydrogens is 182 g/mol. The first-order valence-corrected chi connectivity index (χ1v) is 4.39. The van der Waals surface area contributed by atoms with Gasteiger partial charge in [-0.2, -0.15) is 0 Å². The highest BCUT2D eigenvalue weighted by molar-refractivity contribution is 5.84. The zero-order chi connectivity index (χ0) is 11.4. The van der Waals surface area contributed by atoms with Crippen molar-refractivity contribution in [2.45, 2.75) is 40.2 Å². The molecule has 4 nitrogen and oxygen atoms in total. The second-order valence-electron chi connectivity index (χ2n) is 4.04. The fourth-order valence-corrected chi connectivity index (χ4v) is 0.822. The maximum Gasteiger partial charge on any atom is 0.333 e. The number of amides is 1. The van der Waals surface area contributed by atoms with Gasteiger partial charge in [-0.15, -0.1) is 0 Å². The molecule has 0 aliphatic heterocycles. The summed E-state index contributed by atoms with van der Waals surface area (Å²) in [6, 6.07) is 0. The number of carbonyl (C=O) groups is 2. The quantitative estimate of drug-likeness (QED) is 0.539. The number of ether oxygens (including phenoxy) is 1. The molecule has 4 heteroatoms. The van der Waals surface area contributed by atoms with Gasteiger partial charge in [0.2, 0.25) is 5.91 Å². The van der Waals surface area contributed by atoms with Crippen molar-refractivity contribution in [1.29, 1.82) is 0 Å². The van der Waals surface area contributed by atoms with Crippen molar-refractivity contribution in [3.8, 4) is 0 Å². The van der Waals surface area contributed by atoms with Crippen molar-refractivity contribution in [3.63, 3.8) is 0 Å². The smallest absolute Gasteiger partial charge is 0.333 e. The van der Waals surface area contributed by atoms with Crippen LogP contribution in [0, 0.1) is 0 Å². The maximum atomic E-state index is 11.2. The highest BCUT2D eigenvalue weighted by Crippen LogP contribution is 2.07. The zero-order valence-electron chi connectivity index (χ0n) is 9.30. The average molecular weight is 199 g/mol. The summed E-state index contributed by atoms with van der Waals surface area (Å²) in [5, 5.41) is 2.48. The second kappa shape index (κ2) is 4.79. The van der Waals surface area contributed by atoms with E-state index in [2.05, 4.69) is 5.32 Å². The lowest BCUT2D eigenvalue weighted by atomic mass is 10.2. The Hall–Kier alpha value is -1.32. The SMILES string of the molecule is CC(=O)N/C(C)=C\C(=O)OC(C)(C)C. The molecule has 0 aromatic heterocycles. The van der Waals surface area contributed by atoms with Crippen LogP contribution in [0.15, 0.2) is 11.8 Å². The summed E-state index contributed by atoms with van der Waals surface area (Å²) in [4.78, 5) is 21.8. The van der Waals surface area contributed by atoms with Crippen LogP contribution in [-0.4, -0.2) is 17.5 Å². The van der Waals surface area contributed by atoms with Gasteiger partial charge < -0.3 is 10.1 Å². The van der Waals surface area contributed by atoms with E-state index in [-0.39, 0.29) is 5.91 Å². The lowest BCUT2D eigenvalue weighted by molar-refractivity contribution is -0.148. The van der Waals surface area contributed by atoms with Crippen molar-refractivity contribution in [1.82, 2.24) is 5.32 Å². The van der Waals surface area contributed by atoms with Gasteiger partial charge in [0.1, 0.15) is 5.60 Å². The molecule has 0 bridgehead atoms. The molecule has 0 heterocycles. The van der Waals surface area contributed by atoms with Crippen molar-refractivity contribution in [2.75, 3.05) is 0 Å². The molecule has 0 aromatic carbocycles. The number of allylic oxidation sites excluding steroid dienone is 1. The maximum absolute atomic E-state index is 11.2. The third-order valence-electron chi connectivity index (χ3n) is 1.11. The molecule has 1 N–H and O–H groups in total. The van der Waals surface area contributed by atoms with E-state index in [0.29, 0.717) is 5.70 Å². The molecule has 0 spiro atoms. The molecule has 0 saturated heterocycles. The monoisotopic (exact) mass is 199 g/mol. The molecular formula is C10H17NO3. The molecule has 0 rings (SSSR count). The van der Waals surface area contributed by atoms with Gasteiger partial charge in [-0.05, 0) is 27.7 Å². The topological polar surface area (TPSA) is 55.4 Å². The molecule has 0 aromatic rings. The summed E-state index contributed by atoms with van der Waals surface area (Å²) < 4.78 is 5.02. The van der Waals surface area contributed by atoms with E-state index in [9.17, 15) is 9.59 Å². The Balaban J connectivity index is 4.23. The first-order valence-electron chi connectivity index (χ1n) is 4.39. The van der Waals surface area contributed by atoms with Gasteiger partial charge >= 0.3 is 5.97 Å². The van der Waals surface area contributed by atoms with Crippen LogP contribution in [0.5, 0.6) is 0 Å². The number of hydrogen-bond donors (Lipinski definition) is 1. The second-order valence-corrected chi connectivity index (χ2v) is 4.04. The summed E-state index contributed by atoms with van der Waals surface area (Å²) in [5.41, 5.74) is -0.0314. The predicted octanol–water partition coefficient (Wildman–Crippen LogP) is 1.37. The van der Waals surface area contributed by atoms with E-state index in [4.69, 9.17) is 4.74 Å². The number of hydrogen-bond acceptors (Lipinski definition) is 3. The third kappa shape index (κ3) is 7.34. The Morgan fingerprint density at radius 3 is 2.07 bits per heavy atom. The Bertz CT molecular complexity index is 261. The van der Waals surface area contributed by atoms with Gasteiger partial charge in [0, 0.05) is 18.7 Å². The Morgan fingerprint density at radius 2 is 1.71 bits per heavy atom. The molecule has 1 amide bonds. The molecule has 0 saturated carbocycles. The summed E-state index contributed by atoms with van der Waals surface area (Å²) in [6.45, 7) is 8.36. The van der Waals surface area contributed by atoms with Gasteiger partial charge in [0.15, 0.2) is 0 Å². The van der Waals surface area contributed by atoms with Crippen molar-refractivity contribution >= 4 is 11.9 Å². The lowest BCUT2D eigenvalue weighted by Crippen LogP contribution is -2.24. The van der Waals surface area contributed by atoms with E-state index in [0.717, 1.165) is 0 Å². The van der Waals surface area contributed by atoms with Gasteiger partial charge in [-0.3, -0.25) is 4.79 Å². The number of rotatable bonds is 2. The van der Waals surface area contributed by atoms with Gasteiger partial charge in [-0.1, -0.05) is 0 Å². The molecule has 0 aliphatic rings. The normalized spacial score (nSPS) is 12.2. The molecule has 14 heavy (non-hydrogen) atoms. The van der Waals surface area contributed by atoms with E-state index in [1.165, 1.54) is 13.0 Å². The van der Waals surface area contributed by atoms with Crippen LogP contribution in [0.4, 0.5) is 0 Å². The van der Waals surface area contributed by atoms with Crippen LogP contribution >= 0.6 is 0 Å². The first-order chi connectivity index (χ1) is 6.20. The standard InChI is InChI=1S/C10H17NO3/c1-7(11-8(2)12)6-9(13)14-10(3,4)5/h6H,1-5H3,(H,11,12)/b7-6-. The molecule has 80 valence electrons. The molecule has 0 unspecified atom stereocenters. The van der Waals surface area contributed by atoms with Crippen molar-refractivity contribution in [3.05, 3.63) is 11.8 Å². The molecule has 0 atom stereocenters. The minimum absolute atomic E-state index is 0.206. The average Bonchev–Trinajstić information content (AvgIpc) is 1.77. The van der Waals surface area contributed by atoms with Crippen LogP contribution in [0.1, 0.15) is 34.6 Å². The van der Waals surface area contributed by atoms with Crippen molar-refractivity contribution in [2.24, 2.45) is 0 Å². The van der Waals surface area contributed by atoms with Gasteiger partial charge in [0.25, 0.3) is 0 Å². The number of nitrogens with one attached hydrogen (secondary N) is 1. The lowest BCUT2D eigenvalue weighted by Gasteiger charge is -2.18. The summed E-state index contributed by atoms with van der Waals surface area (Å²) >= 11 is 0. The fraction of sp³-hybridized carbons (Fsp3) is 0.600. The Morgan fingerprint density at radius 1 is 1.21 bits per heavy atom. The number of esters is 1. The molecule has 0 radical (unpaired) electrons. The summed E-state index contributed by atoms with van der Waals surface area (Å²) in [5.74, 6) is -0.661. The third-order valence-corrected chi connectivity index (χ3v) is 1.11. The van der Waals surface area contributed by atoms with Crippen LogP contribution in [0.2, 0.25) is 0 Å². The minimum atomic E-state index is -0.510. The zero-order valence-corrected chi connectivity index (χ0v) is 9.30. The Labute approximate surface area is 84.3 Å².